The van der Waals surface area contributed by atoms with E-state index in [9.17, 15) is 35.9 Å². The van der Waals surface area contributed by atoms with Gasteiger partial charge in [0, 0.05) is 38.7 Å². The molecule has 0 aromatic heterocycles. The van der Waals surface area contributed by atoms with Gasteiger partial charge in [0.05, 0.1) is 11.1 Å². The molecule has 0 N–H and O–H groups in total. The largest absolute Gasteiger partial charge is 0.416 e. The Morgan fingerprint density at radius 1 is 0.808 bits per heavy atom. The zero-order valence-electron chi connectivity index (χ0n) is 13.7. The fraction of sp³-hybridized carbons (Fsp3) is 0.500. The summed E-state index contributed by atoms with van der Waals surface area (Å²) in [6, 6.07) is 0.826. The predicted molar refractivity (Wildman–Crippen MR) is 79.2 cm³/mol. The van der Waals surface area contributed by atoms with Crippen molar-refractivity contribution in [2.24, 2.45) is 0 Å². The molecule has 1 aliphatic heterocycles. The van der Waals surface area contributed by atoms with E-state index >= 15 is 0 Å². The van der Waals surface area contributed by atoms with E-state index in [1.807, 2.05) is 0 Å². The van der Waals surface area contributed by atoms with Gasteiger partial charge in [-0.25, -0.2) is 0 Å². The summed E-state index contributed by atoms with van der Waals surface area (Å²) < 4.78 is 77.5. The number of hydrogen-bond acceptors (Lipinski definition) is 2. The van der Waals surface area contributed by atoms with E-state index in [-0.39, 0.29) is 31.6 Å². The van der Waals surface area contributed by atoms with Crippen molar-refractivity contribution in [1.82, 2.24) is 9.80 Å². The van der Waals surface area contributed by atoms with E-state index in [2.05, 4.69) is 0 Å². The van der Waals surface area contributed by atoms with Crippen LogP contribution < -0.4 is 0 Å². The number of rotatable bonds is 1. The lowest BCUT2D eigenvalue weighted by atomic mass is 10.0. The van der Waals surface area contributed by atoms with Crippen molar-refractivity contribution in [3.63, 3.8) is 0 Å². The molecule has 0 spiro atoms. The maximum Gasteiger partial charge on any atom is 0.416 e. The summed E-state index contributed by atoms with van der Waals surface area (Å²) in [4.78, 5) is 26.5. The molecule has 0 atom stereocenters. The lowest BCUT2D eigenvalue weighted by Crippen LogP contribution is -2.36. The molecule has 0 radical (unpaired) electrons. The van der Waals surface area contributed by atoms with Gasteiger partial charge in [0.15, 0.2) is 0 Å². The minimum atomic E-state index is -5.01. The van der Waals surface area contributed by atoms with Crippen molar-refractivity contribution in [3.8, 4) is 0 Å². The summed E-state index contributed by atoms with van der Waals surface area (Å²) in [7, 11) is 0. The van der Waals surface area contributed by atoms with E-state index in [0.29, 0.717) is 25.1 Å². The van der Waals surface area contributed by atoms with Gasteiger partial charge in [-0.1, -0.05) is 0 Å². The van der Waals surface area contributed by atoms with Crippen molar-refractivity contribution in [3.05, 3.63) is 34.9 Å². The van der Waals surface area contributed by atoms with E-state index in [0.717, 1.165) is 0 Å². The summed E-state index contributed by atoms with van der Waals surface area (Å²) in [5.74, 6) is -1.13. The van der Waals surface area contributed by atoms with Crippen LogP contribution in [0.1, 0.15) is 34.8 Å². The molecule has 1 aromatic rings. The SMILES string of the molecule is CC(=O)N1CCCN(C(=O)c2cc(C(F)(F)F)cc(C(F)(F)F)c2)CC1. The highest BCUT2D eigenvalue weighted by Gasteiger charge is 2.38. The molecule has 0 aliphatic carbocycles. The number of alkyl halides is 6. The first-order chi connectivity index (χ1) is 11.9. The van der Waals surface area contributed by atoms with Crippen molar-refractivity contribution in [2.45, 2.75) is 25.7 Å². The zero-order chi connectivity index (χ0) is 19.7. The number of halogens is 6. The van der Waals surface area contributed by atoms with Crippen LogP contribution in [0.5, 0.6) is 0 Å². The topological polar surface area (TPSA) is 40.6 Å². The Labute approximate surface area is 145 Å². The van der Waals surface area contributed by atoms with E-state index < -0.39 is 35.0 Å². The molecule has 0 bridgehead atoms. The lowest BCUT2D eigenvalue weighted by Gasteiger charge is -2.22. The van der Waals surface area contributed by atoms with Crippen LogP contribution >= 0.6 is 0 Å². The first kappa shape index (κ1) is 20.1. The lowest BCUT2D eigenvalue weighted by molar-refractivity contribution is -0.143. The molecular formula is C16H16F6N2O2. The third kappa shape index (κ3) is 4.67. The first-order valence-electron chi connectivity index (χ1n) is 7.74. The van der Waals surface area contributed by atoms with Crippen molar-refractivity contribution in [1.29, 1.82) is 0 Å². The maximum absolute atomic E-state index is 12.9. The molecular weight excluding hydrogens is 366 g/mol. The summed E-state index contributed by atoms with van der Waals surface area (Å²) in [6.07, 6.45) is -9.64. The van der Waals surface area contributed by atoms with Gasteiger partial charge in [0.2, 0.25) is 5.91 Å². The molecule has 1 heterocycles. The van der Waals surface area contributed by atoms with Gasteiger partial charge >= 0.3 is 12.4 Å². The number of benzene rings is 1. The minimum absolute atomic E-state index is 0.0172. The van der Waals surface area contributed by atoms with Crippen molar-refractivity contribution < 1.29 is 35.9 Å². The third-order valence-electron chi connectivity index (χ3n) is 4.06. The summed E-state index contributed by atoms with van der Waals surface area (Å²) in [5, 5.41) is 0. The number of carbonyl (C=O) groups is 2. The average molecular weight is 382 g/mol. The molecule has 26 heavy (non-hydrogen) atoms. The van der Waals surface area contributed by atoms with Gasteiger partial charge in [-0.05, 0) is 24.6 Å². The van der Waals surface area contributed by atoms with Crippen molar-refractivity contribution in [2.75, 3.05) is 26.2 Å². The molecule has 2 amide bonds. The van der Waals surface area contributed by atoms with E-state index in [1.54, 1.807) is 0 Å². The summed E-state index contributed by atoms with van der Waals surface area (Å²) in [6.45, 7) is 2.07. The fourth-order valence-corrected chi connectivity index (χ4v) is 2.70. The monoisotopic (exact) mass is 382 g/mol. The molecule has 0 saturated carbocycles. The Hall–Kier alpha value is -2.26. The molecule has 2 rings (SSSR count). The Morgan fingerprint density at radius 2 is 1.27 bits per heavy atom. The summed E-state index contributed by atoms with van der Waals surface area (Å²) >= 11 is 0. The Bertz CT molecular complexity index is 667. The third-order valence-corrected chi connectivity index (χ3v) is 4.06. The smallest absolute Gasteiger partial charge is 0.341 e. The normalized spacial score (nSPS) is 16.4. The molecule has 1 aromatic carbocycles. The predicted octanol–water partition coefficient (Wildman–Crippen LogP) is 3.42. The first-order valence-corrected chi connectivity index (χ1v) is 7.74. The van der Waals surface area contributed by atoms with Crippen molar-refractivity contribution >= 4 is 11.8 Å². The summed E-state index contributed by atoms with van der Waals surface area (Å²) in [5.41, 5.74) is -3.74. The van der Waals surface area contributed by atoms with Crippen LogP contribution in [0.2, 0.25) is 0 Å². The molecule has 144 valence electrons. The van der Waals surface area contributed by atoms with E-state index in [1.165, 1.54) is 16.7 Å². The van der Waals surface area contributed by atoms with Crippen LogP contribution in [-0.2, 0) is 17.1 Å². The second-order valence-electron chi connectivity index (χ2n) is 5.95. The maximum atomic E-state index is 12.9. The average Bonchev–Trinajstić information content (AvgIpc) is 2.78. The van der Waals surface area contributed by atoms with Gasteiger partial charge in [-0.15, -0.1) is 0 Å². The Balaban J connectivity index is 2.34. The molecule has 4 nitrogen and oxygen atoms in total. The molecule has 0 unspecified atom stereocenters. The standard InChI is InChI=1S/C16H16F6N2O2/c1-10(25)23-3-2-4-24(6-5-23)14(26)11-7-12(15(17,18)19)9-13(8-11)16(20,21)22/h7-9H,2-6H2,1H3. The van der Waals surface area contributed by atoms with Gasteiger partial charge in [-0.3, -0.25) is 9.59 Å². The van der Waals surface area contributed by atoms with Gasteiger partial charge in [0.1, 0.15) is 0 Å². The van der Waals surface area contributed by atoms with Crippen LogP contribution in [0.3, 0.4) is 0 Å². The highest BCUT2D eigenvalue weighted by molar-refractivity contribution is 5.94. The molecule has 1 aliphatic rings. The van der Waals surface area contributed by atoms with Crippen LogP contribution in [0, 0.1) is 0 Å². The zero-order valence-corrected chi connectivity index (χ0v) is 13.7. The number of nitrogens with zero attached hydrogens (tertiary/aromatic N) is 2. The van der Waals surface area contributed by atoms with Crippen LogP contribution in [0.4, 0.5) is 26.3 Å². The van der Waals surface area contributed by atoms with Crippen LogP contribution in [0.25, 0.3) is 0 Å². The van der Waals surface area contributed by atoms with Gasteiger partial charge in [-0.2, -0.15) is 26.3 Å². The van der Waals surface area contributed by atoms with Crippen LogP contribution in [0.15, 0.2) is 18.2 Å². The van der Waals surface area contributed by atoms with E-state index in [4.69, 9.17) is 0 Å². The Kier molecular flexibility index (Phi) is 5.52. The van der Waals surface area contributed by atoms with Crippen LogP contribution in [-0.4, -0.2) is 47.8 Å². The number of carbonyl (C=O) groups excluding carboxylic acids is 2. The number of hydrogen-bond donors (Lipinski definition) is 0. The second-order valence-corrected chi connectivity index (χ2v) is 5.95. The highest BCUT2D eigenvalue weighted by atomic mass is 19.4. The molecule has 1 fully saturated rings. The quantitative estimate of drug-likeness (QED) is 0.699. The Morgan fingerprint density at radius 3 is 1.73 bits per heavy atom. The van der Waals surface area contributed by atoms with Gasteiger partial charge in [0.25, 0.3) is 5.91 Å². The molecule has 1 saturated heterocycles. The highest BCUT2D eigenvalue weighted by Crippen LogP contribution is 2.36. The second kappa shape index (κ2) is 7.16. The van der Waals surface area contributed by atoms with Gasteiger partial charge < -0.3 is 9.80 Å². The molecule has 10 heteroatoms. The number of amides is 2. The minimum Gasteiger partial charge on any atom is -0.341 e. The fourth-order valence-electron chi connectivity index (χ4n) is 2.70.